The number of alkyl halides is 4. The number of hydrogen-bond acceptors (Lipinski definition) is 1. The van der Waals surface area contributed by atoms with Crippen LogP contribution in [0.25, 0.3) is 0 Å². The molecular weight excluding hydrogens is 255 g/mol. The third-order valence-corrected chi connectivity index (χ3v) is 3.54. The minimum atomic E-state index is -4.36. The summed E-state index contributed by atoms with van der Waals surface area (Å²) in [6, 6.07) is -0.352. The fraction of sp³-hybridized carbons (Fsp3) is 0.909. The first-order valence-electron chi connectivity index (χ1n) is 5.69. The second-order valence-corrected chi connectivity index (χ2v) is 5.02. The van der Waals surface area contributed by atoms with Crippen molar-refractivity contribution in [2.24, 2.45) is 11.8 Å². The lowest BCUT2D eigenvalue weighted by atomic mass is 10.1. The molecule has 2 unspecified atom stereocenters. The molecule has 1 aliphatic carbocycles. The third-order valence-electron chi connectivity index (χ3n) is 3.08. The van der Waals surface area contributed by atoms with Gasteiger partial charge < -0.3 is 4.90 Å². The van der Waals surface area contributed by atoms with E-state index in [1.165, 1.54) is 0 Å². The SMILES string of the molecule is CC(CCl)C(=O)N(CC(F)(F)F)C(C)C1CC1. The van der Waals surface area contributed by atoms with Gasteiger partial charge in [-0.3, -0.25) is 4.79 Å². The van der Waals surface area contributed by atoms with Crippen molar-refractivity contribution in [2.45, 2.75) is 38.9 Å². The van der Waals surface area contributed by atoms with Gasteiger partial charge in [-0.15, -0.1) is 11.6 Å². The molecule has 0 radical (unpaired) electrons. The predicted molar refractivity (Wildman–Crippen MR) is 59.8 cm³/mol. The molecular formula is C11H17ClF3NO. The molecule has 1 rings (SSSR count). The minimum Gasteiger partial charge on any atom is -0.330 e. The number of halogens is 4. The average Bonchev–Trinajstić information content (AvgIpc) is 3.05. The largest absolute Gasteiger partial charge is 0.406 e. The number of amides is 1. The van der Waals surface area contributed by atoms with Crippen LogP contribution in [-0.2, 0) is 4.79 Å². The Labute approximate surface area is 104 Å². The Hall–Kier alpha value is -0.450. The summed E-state index contributed by atoms with van der Waals surface area (Å²) in [6.07, 6.45) is -2.55. The Balaban J connectivity index is 2.73. The molecule has 0 spiro atoms. The van der Waals surface area contributed by atoms with Gasteiger partial charge in [-0.2, -0.15) is 13.2 Å². The fourth-order valence-electron chi connectivity index (χ4n) is 1.80. The summed E-state index contributed by atoms with van der Waals surface area (Å²) < 4.78 is 37.4. The zero-order valence-electron chi connectivity index (χ0n) is 9.93. The molecule has 1 amide bonds. The highest BCUT2D eigenvalue weighted by molar-refractivity contribution is 6.19. The van der Waals surface area contributed by atoms with Crippen molar-refractivity contribution in [3.05, 3.63) is 0 Å². The highest BCUT2D eigenvalue weighted by Crippen LogP contribution is 2.36. The van der Waals surface area contributed by atoms with E-state index in [0.29, 0.717) is 0 Å². The van der Waals surface area contributed by atoms with Crippen molar-refractivity contribution in [2.75, 3.05) is 12.4 Å². The molecule has 0 aliphatic heterocycles. The molecule has 0 bridgehead atoms. The van der Waals surface area contributed by atoms with Crippen molar-refractivity contribution >= 4 is 17.5 Å². The summed E-state index contributed by atoms with van der Waals surface area (Å²) in [5.74, 6) is -0.814. The van der Waals surface area contributed by atoms with Gasteiger partial charge in [-0.05, 0) is 25.7 Å². The van der Waals surface area contributed by atoms with Crippen molar-refractivity contribution in [1.29, 1.82) is 0 Å². The van der Waals surface area contributed by atoms with E-state index in [1.54, 1.807) is 13.8 Å². The van der Waals surface area contributed by atoms with Crippen LogP contribution in [0.5, 0.6) is 0 Å². The quantitative estimate of drug-likeness (QED) is 0.704. The van der Waals surface area contributed by atoms with Crippen molar-refractivity contribution < 1.29 is 18.0 Å². The van der Waals surface area contributed by atoms with Crippen molar-refractivity contribution in [1.82, 2.24) is 4.90 Å². The highest BCUT2D eigenvalue weighted by atomic mass is 35.5. The second kappa shape index (κ2) is 5.46. The Kier molecular flexibility index (Phi) is 4.69. The normalized spacial score (nSPS) is 19.9. The molecule has 0 aromatic heterocycles. The van der Waals surface area contributed by atoms with Gasteiger partial charge in [-0.1, -0.05) is 6.92 Å². The number of rotatable bonds is 5. The number of nitrogens with zero attached hydrogens (tertiary/aromatic N) is 1. The molecule has 100 valence electrons. The molecule has 6 heteroatoms. The molecule has 0 heterocycles. The van der Waals surface area contributed by atoms with Crippen LogP contribution < -0.4 is 0 Å². The molecule has 0 aromatic rings. The van der Waals surface area contributed by atoms with Crippen LogP contribution in [0.2, 0.25) is 0 Å². The summed E-state index contributed by atoms with van der Waals surface area (Å²) in [5.41, 5.74) is 0. The van der Waals surface area contributed by atoms with Gasteiger partial charge in [0.15, 0.2) is 0 Å². The lowest BCUT2D eigenvalue weighted by Gasteiger charge is -2.32. The van der Waals surface area contributed by atoms with E-state index in [1.807, 2.05) is 0 Å². The van der Waals surface area contributed by atoms with E-state index < -0.39 is 24.5 Å². The lowest BCUT2D eigenvalue weighted by Crippen LogP contribution is -2.47. The van der Waals surface area contributed by atoms with Gasteiger partial charge in [0, 0.05) is 17.8 Å². The van der Waals surface area contributed by atoms with Crippen LogP contribution in [0, 0.1) is 11.8 Å². The fourth-order valence-corrected chi connectivity index (χ4v) is 1.93. The molecule has 0 aromatic carbocycles. The summed E-state index contributed by atoms with van der Waals surface area (Å²) in [6.45, 7) is 2.06. The first-order valence-corrected chi connectivity index (χ1v) is 6.23. The number of carbonyl (C=O) groups excluding carboxylic acids is 1. The molecule has 1 fully saturated rings. The maximum absolute atomic E-state index is 12.5. The molecule has 2 nitrogen and oxygen atoms in total. The molecule has 1 aliphatic rings. The molecule has 1 saturated carbocycles. The van der Waals surface area contributed by atoms with Crippen molar-refractivity contribution in [3.63, 3.8) is 0 Å². The van der Waals surface area contributed by atoms with Gasteiger partial charge in [-0.25, -0.2) is 0 Å². The monoisotopic (exact) mass is 271 g/mol. The first kappa shape index (κ1) is 14.6. The smallest absolute Gasteiger partial charge is 0.330 e. The number of carbonyl (C=O) groups is 1. The average molecular weight is 272 g/mol. The lowest BCUT2D eigenvalue weighted by molar-refractivity contribution is -0.167. The Morgan fingerprint density at radius 3 is 2.29 bits per heavy atom. The summed E-state index contributed by atoms with van der Waals surface area (Å²) in [7, 11) is 0. The van der Waals surface area contributed by atoms with Gasteiger partial charge in [0.2, 0.25) is 5.91 Å². The van der Waals surface area contributed by atoms with E-state index >= 15 is 0 Å². The van der Waals surface area contributed by atoms with Gasteiger partial charge in [0.1, 0.15) is 6.54 Å². The molecule has 0 saturated heterocycles. The topological polar surface area (TPSA) is 20.3 Å². The van der Waals surface area contributed by atoms with Crippen LogP contribution in [0.1, 0.15) is 26.7 Å². The van der Waals surface area contributed by atoms with Crippen LogP contribution >= 0.6 is 11.6 Å². The van der Waals surface area contributed by atoms with E-state index in [2.05, 4.69) is 0 Å². The summed E-state index contributed by atoms with van der Waals surface area (Å²) in [5, 5.41) is 0. The second-order valence-electron chi connectivity index (χ2n) is 4.71. The Morgan fingerprint density at radius 1 is 1.41 bits per heavy atom. The van der Waals surface area contributed by atoms with Gasteiger partial charge >= 0.3 is 6.18 Å². The minimum absolute atomic E-state index is 0.0462. The third kappa shape index (κ3) is 4.37. The van der Waals surface area contributed by atoms with Crippen LogP contribution in [0.3, 0.4) is 0 Å². The van der Waals surface area contributed by atoms with Crippen LogP contribution in [0.15, 0.2) is 0 Å². The molecule has 17 heavy (non-hydrogen) atoms. The van der Waals surface area contributed by atoms with Gasteiger partial charge in [0.05, 0.1) is 0 Å². The van der Waals surface area contributed by atoms with Crippen LogP contribution in [-0.4, -0.2) is 35.4 Å². The standard InChI is InChI=1S/C11H17ClF3NO/c1-7(5-12)10(17)16(6-11(13,14)15)8(2)9-3-4-9/h7-9H,3-6H2,1-2H3. The van der Waals surface area contributed by atoms with Crippen LogP contribution in [0.4, 0.5) is 13.2 Å². The number of hydrogen-bond donors (Lipinski definition) is 0. The zero-order chi connectivity index (χ0) is 13.2. The first-order chi connectivity index (χ1) is 7.76. The zero-order valence-corrected chi connectivity index (χ0v) is 10.7. The predicted octanol–water partition coefficient (Wildman–Crippen LogP) is 3.05. The molecule has 0 N–H and O–H groups in total. The van der Waals surface area contributed by atoms with E-state index in [9.17, 15) is 18.0 Å². The Bertz CT molecular complexity index is 278. The molecule has 2 atom stereocenters. The highest BCUT2D eigenvalue weighted by Gasteiger charge is 2.41. The van der Waals surface area contributed by atoms with E-state index in [0.717, 1.165) is 17.7 Å². The van der Waals surface area contributed by atoms with E-state index in [-0.39, 0.29) is 17.8 Å². The summed E-state index contributed by atoms with van der Waals surface area (Å²) >= 11 is 5.53. The maximum Gasteiger partial charge on any atom is 0.406 e. The van der Waals surface area contributed by atoms with Gasteiger partial charge in [0.25, 0.3) is 0 Å². The van der Waals surface area contributed by atoms with E-state index in [4.69, 9.17) is 11.6 Å². The van der Waals surface area contributed by atoms with Crippen molar-refractivity contribution in [3.8, 4) is 0 Å². The Morgan fingerprint density at radius 2 is 1.94 bits per heavy atom. The maximum atomic E-state index is 12.5. The summed E-state index contributed by atoms with van der Waals surface area (Å²) in [4.78, 5) is 12.8.